The van der Waals surface area contributed by atoms with E-state index in [1.54, 1.807) is 6.92 Å². The van der Waals surface area contributed by atoms with Crippen LogP contribution in [-0.2, 0) is 4.79 Å². The van der Waals surface area contributed by atoms with E-state index in [1.165, 1.54) is 0 Å². The SMILES string of the molecule is CC(N)(CCCCCCN)C(=O)O. The van der Waals surface area contributed by atoms with Crippen LogP contribution in [0.25, 0.3) is 0 Å². The van der Waals surface area contributed by atoms with Crippen LogP contribution in [0.15, 0.2) is 0 Å². The summed E-state index contributed by atoms with van der Waals surface area (Å²) in [6.45, 7) is 2.26. The van der Waals surface area contributed by atoms with Crippen LogP contribution in [0.2, 0.25) is 0 Å². The van der Waals surface area contributed by atoms with E-state index in [2.05, 4.69) is 0 Å². The van der Waals surface area contributed by atoms with Crippen molar-refractivity contribution in [1.29, 1.82) is 0 Å². The fourth-order valence-electron chi connectivity index (χ4n) is 1.10. The Morgan fingerprint density at radius 1 is 1.31 bits per heavy atom. The summed E-state index contributed by atoms with van der Waals surface area (Å²) in [5, 5.41) is 8.70. The van der Waals surface area contributed by atoms with Gasteiger partial charge in [-0.05, 0) is 26.3 Å². The lowest BCUT2D eigenvalue weighted by molar-refractivity contribution is -0.142. The van der Waals surface area contributed by atoms with E-state index in [0.717, 1.165) is 25.7 Å². The number of aliphatic carboxylic acids is 1. The van der Waals surface area contributed by atoms with Gasteiger partial charge in [-0.1, -0.05) is 19.3 Å². The van der Waals surface area contributed by atoms with Crippen LogP contribution >= 0.6 is 0 Å². The highest BCUT2D eigenvalue weighted by molar-refractivity contribution is 5.77. The molecule has 4 nitrogen and oxygen atoms in total. The molecule has 0 rings (SSSR count). The van der Waals surface area contributed by atoms with Gasteiger partial charge >= 0.3 is 5.97 Å². The molecule has 0 aliphatic carbocycles. The number of nitrogens with two attached hydrogens (primary N) is 2. The van der Waals surface area contributed by atoms with Crippen molar-refractivity contribution in [2.24, 2.45) is 11.5 Å². The summed E-state index contributed by atoms with van der Waals surface area (Å²) in [7, 11) is 0. The van der Waals surface area contributed by atoms with Crippen LogP contribution in [-0.4, -0.2) is 23.2 Å². The molecular weight excluding hydrogens is 168 g/mol. The lowest BCUT2D eigenvalue weighted by Crippen LogP contribution is -2.44. The molecule has 0 radical (unpaired) electrons. The smallest absolute Gasteiger partial charge is 0.323 e. The van der Waals surface area contributed by atoms with Gasteiger partial charge in [0.2, 0.25) is 0 Å². The summed E-state index contributed by atoms with van der Waals surface area (Å²) in [5.74, 6) is -0.925. The Bertz CT molecular complexity index is 158. The lowest BCUT2D eigenvalue weighted by Gasteiger charge is -2.18. The predicted molar refractivity (Wildman–Crippen MR) is 52.4 cm³/mol. The quantitative estimate of drug-likeness (QED) is 0.513. The molecule has 0 aromatic carbocycles. The number of hydrogen-bond donors (Lipinski definition) is 3. The van der Waals surface area contributed by atoms with E-state index in [0.29, 0.717) is 13.0 Å². The van der Waals surface area contributed by atoms with E-state index < -0.39 is 11.5 Å². The first kappa shape index (κ1) is 12.4. The number of unbranched alkanes of at least 4 members (excludes halogenated alkanes) is 3. The van der Waals surface area contributed by atoms with Gasteiger partial charge in [-0.3, -0.25) is 4.79 Å². The maximum absolute atomic E-state index is 10.6. The average molecular weight is 188 g/mol. The number of carboxylic acid groups (broad SMARTS) is 1. The molecular formula is C9H20N2O2. The first-order chi connectivity index (χ1) is 6.00. The fourth-order valence-corrected chi connectivity index (χ4v) is 1.10. The topological polar surface area (TPSA) is 89.3 Å². The zero-order valence-electron chi connectivity index (χ0n) is 8.25. The van der Waals surface area contributed by atoms with Gasteiger partial charge in [0.05, 0.1) is 0 Å². The van der Waals surface area contributed by atoms with Gasteiger partial charge in [-0.2, -0.15) is 0 Å². The van der Waals surface area contributed by atoms with Gasteiger partial charge in [-0.15, -0.1) is 0 Å². The fraction of sp³-hybridized carbons (Fsp3) is 0.889. The molecule has 13 heavy (non-hydrogen) atoms. The van der Waals surface area contributed by atoms with Gasteiger partial charge in [0.25, 0.3) is 0 Å². The highest BCUT2D eigenvalue weighted by atomic mass is 16.4. The Morgan fingerprint density at radius 2 is 1.85 bits per heavy atom. The maximum atomic E-state index is 10.6. The maximum Gasteiger partial charge on any atom is 0.323 e. The van der Waals surface area contributed by atoms with E-state index in [1.807, 2.05) is 0 Å². The molecule has 4 heteroatoms. The summed E-state index contributed by atoms with van der Waals surface area (Å²) in [5.41, 5.74) is 9.81. The molecule has 0 spiro atoms. The van der Waals surface area contributed by atoms with Crippen molar-refractivity contribution >= 4 is 5.97 Å². The molecule has 0 saturated carbocycles. The molecule has 0 aromatic rings. The van der Waals surface area contributed by atoms with Crippen molar-refractivity contribution < 1.29 is 9.90 Å². The predicted octanol–water partition coefficient (Wildman–Crippen LogP) is 0.698. The average Bonchev–Trinajstić information content (AvgIpc) is 2.03. The van der Waals surface area contributed by atoms with Gasteiger partial charge in [0.15, 0.2) is 0 Å². The van der Waals surface area contributed by atoms with E-state index in [-0.39, 0.29) is 0 Å². The van der Waals surface area contributed by atoms with Crippen molar-refractivity contribution in [2.75, 3.05) is 6.54 Å². The largest absolute Gasteiger partial charge is 0.480 e. The third kappa shape index (κ3) is 5.60. The van der Waals surface area contributed by atoms with Crippen LogP contribution < -0.4 is 11.5 Å². The second-order valence-electron chi connectivity index (χ2n) is 3.68. The molecule has 0 aliphatic rings. The minimum absolute atomic E-state index is 0.535. The second-order valence-corrected chi connectivity index (χ2v) is 3.68. The summed E-state index contributed by atoms with van der Waals surface area (Å²) < 4.78 is 0. The summed E-state index contributed by atoms with van der Waals surface area (Å²) in [6.07, 6.45) is 4.48. The van der Waals surface area contributed by atoms with Crippen LogP contribution in [0.1, 0.15) is 39.0 Å². The van der Waals surface area contributed by atoms with E-state index >= 15 is 0 Å². The Balaban J connectivity index is 3.46. The van der Waals surface area contributed by atoms with Crippen molar-refractivity contribution in [1.82, 2.24) is 0 Å². The van der Waals surface area contributed by atoms with Crippen LogP contribution in [0.4, 0.5) is 0 Å². The van der Waals surface area contributed by atoms with E-state index in [9.17, 15) is 4.79 Å². The molecule has 0 aliphatic heterocycles. The van der Waals surface area contributed by atoms with Crippen LogP contribution in [0.3, 0.4) is 0 Å². The molecule has 0 amide bonds. The van der Waals surface area contributed by atoms with Gasteiger partial charge in [-0.25, -0.2) is 0 Å². The number of rotatable bonds is 7. The molecule has 0 fully saturated rings. The molecule has 0 heterocycles. The first-order valence-corrected chi connectivity index (χ1v) is 4.73. The van der Waals surface area contributed by atoms with Crippen molar-refractivity contribution in [3.8, 4) is 0 Å². The summed E-state index contributed by atoms with van der Waals surface area (Å²) in [4.78, 5) is 10.6. The highest BCUT2D eigenvalue weighted by Gasteiger charge is 2.26. The second kappa shape index (κ2) is 5.94. The molecule has 1 unspecified atom stereocenters. The van der Waals surface area contributed by atoms with Crippen molar-refractivity contribution in [3.63, 3.8) is 0 Å². The monoisotopic (exact) mass is 188 g/mol. The number of hydrogen-bond acceptors (Lipinski definition) is 3. The van der Waals surface area contributed by atoms with Gasteiger partial charge in [0, 0.05) is 0 Å². The molecule has 0 aromatic heterocycles. The Kier molecular flexibility index (Phi) is 5.66. The Hall–Kier alpha value is -0.610. The Labute approximate surface area is 79.3 Å². The lowest BCUT2D eigenvalue weighted by atomic mass is 9.95. The van der Waals surface area contributed by atoms with Crippen molar-refractivity contribution in [2.45, 2.75) is 44.6 Å². The van der Waals surface area contributed by atoms with Gasteiger partial charge in [0.1, 0.15) is 5.54 Å². The minimum Gasteiger partial charge on any atom is -0.480 e. The van der Waals surface area contributed by atoms with E-state index in [4.69, 9.17) is 16.6 Å². The number of carbonyl (C=O) groups is 1. The minimum atomic E-state index is -1.07. The third-order valence-electron chi connectivity index (χ3n) is 2.14. The van der Waals surface area contributed by atoms with Crippen LogP contribution in [0.5, 0.6) is 0 Å². The zero-order valence-corrected chi connectivity index (χ0v) is 8.25. The molecule has 0 saturated heterocycles. The molecule has 5 N–H and O–H groups in total. The molecule has 1 atom stereocenters. The first-order valence-electron chi connectivity index (χ1n) is 4.73. The van der Waals surface area contributed by atoms with Crippen LogP contribution in [0, 0.1) is 0 Å². The zero-order chi connectivity index (χ0) is 10.3. The number of carboxylic acids is 1. The molecule has 78 valence electrons. The normalized spacial score (nSPS) is 15.3. The standard InChI is InChI=1S/C9H20N2O2/c1-9(11,8(12)13)6-4-2-3-5-7-10/h2-7,10-11H2,1H3,(H,12,13). The Morgan fingerprint density at radius 3 is 2.31 bits per heavy atom. The van der Waals surface area contributed by atoms with Gasteiger partial charge < -0.3 is 16.6 Å². The van der Waals surface area contributed by atoms with Crippen molar-refractivity contribution in [3.05, 3.63) is 0 Å². The third-order valence-corrected chi connectivity index (χ3v) is 2.14. The molecule has 0 bridgehead atoms. The highest BCUT2D eigenvalue weighted by Crippen LogP contribution is 2.12. The summed E-state index contributed by atoms with van der Waals surface area (Å²) in [6, 6.07) is 0. The summed E-state index contributed by atoms with van der Waals surface area (Å²) >= 11 is 0.